The van der Waals surface area contributed by atoms with Crippen LogP contribution in [0.3, 0.4) is 0 Å². The van der Waals surface area contributed by atoms with Crippen molar-refractivity contribution < 1.29 is 0 Å². The largest absolute Gasteiger partial charge is 0.399 e. The van der Waals surface area contributed by atoms with Gasteiger partial charge in [-0.25, -0.2) is 4.68 Å². The number of nitrogens with two attached hydrogens (primary N) is 1. The van der Waals surface area contributed by atoms with Gasteiger partial charge in [0.25, 0.3) is 0 Å². The Morgan fingerprint density at radius 2 is 2.17 bits per heavy atom. The molecule has 1 saturated carbocycles. The van der Waals surface area contributed by atoms with Crippen LogP contribution in [-0.2, 0) is 5.54 Å². The van der Waals surface area contributed by atoms with Gasteiger partial charge in [-0.3, -0.25) is 0 Å². The number of hydrogen-bond acceptors (Lipinski definition) is 4. The van der Waals surface area contributed by atoms with Crippen molar-refractivity contribution in [3.8, 4) is 11.4 Å². The second-order valence-corrected chi connectivity index (χ2v) is 5.41. The van der Waals surface area contributed by atoms with E-state index in [4.69, 9.17) is 17.3 Å². The van der Waals surface area contributed by atoms with Gasteiger partial charge in [-0.05, 0) is 54.8 Å². The number of tetrazole rings is 1. The summed E-state index contributed by atoms with van der Waals surface area (Å²) in [6, 6.07) is 5.39. The Bertz CT molecular complexity index is 588. The maximum absolute atomic E-state index is 6.22. The number of nitrogen functional groups attached to an aromatic ring is 1. The van der Waals surface area contributed by atoms with E-state index in [1.807, 2.05) is 16.8 Å². The molecule has 1 heterocycles. The van der Waals surface area contributed by atoms with Crippen molar-refractivity contribution in [3.05, 3.63) is 23.2 Å². The average molecular weight is 264 g/mol. The topological polar surface area (TPSA) is 69.6 Å². The lowest BCUT2D eigenvalue weighted by atomic mass is 9.78. The number of rotatable bonds is 2. The molecule has 0 aliphatic heterocycles. The predicted octanol–water partition coefficient (Wildman–Crippen LogP) is 2.47. The molecule has 1 aromatic heterocycles. The van der Waals surface area contributed by atoms with Gasteiger partial charge in [-0.1, -0.05) is 11.6 Å². The monoisotopic (exact) mass is 263 g/mol. The molecule has 1 aromatic carbocycles. The standard InChI is InChI=1S/C12H14ClN5/c1-12(5-2-6-12)18-11(15-16-17-18)9-4-3-8(14)7-10(9)13/h3-4,7H,2,5-6,14H2,1H3. The summed E-state index contributed by atoms with van der Waals surface area (Å²) in [5, 5.41) is 12.6. The van der Waals surface area contributed by atoms with Gasteiger partial charge in [0.1, 0.15) is 0 Å². The number of hydrogen-bond donors (Lipinski definition) is 1. The molecule has 18 heavy (non-hydrogen) atoms. The maximum Gasteiger partial charge on any atom is 0.184 e. The molecular weight excluding hydrogens is 250 g/mol. The highest BCUT2D eigenvalue weighted by Gasteiger charge is 2.37. The highest BCUT2D eigenvalue weighted by atomic mass is 35.5. The van der Waals surface area contributed by atoms with Crippen LogP contribution < -0.4 is 5.73 Å². The second-order valence-electron chi connectivity index (χ2n) is 5.00. The minimum Gasteiger partial charge on any atom is -0.399 e. The fraction of sp³-hybridized carbons (Fsp3) is 0.417. The van der Waals surface area contributed by atoms with Crippen LogP contribution in [-0.4, -0.2) is 20.2 Å². The lowest BCUT2D eigenvalue weighted by Gasteiger charge is -2.38. The molecule has 3 rings (SSSR count). The van der Waals surface area contributed by atoms with E-state index in [0.29, 0.717) is 16.5 Å². The Morgan fingerprint density at radius 3 is 2.78 bits per heavy atom. The zero-order valence-corrected chi connectivity index (χ0v) is 10.9. The fourth-order valence-electron chi connectivity index (χ4n) is 2.33. The summed E-state index contributed by atoms with van der Waals surface area (Å²) >= 11 is 6.22. The van der Waals surface area contributed by atoms with E-state index in [-0.39, 0.29) is 5.54 Å². The van der Waals surface area contributed by atoms with Crippen molar-refractivity contribution in [3.63, 3.8) is 0 Å². The van der Waals surface area contributed by atoms with Crippen LogP contribution >= 0.6 is 11.6 Å². The number of nitrogens with zero attached hydrogens (tertiary/aromatic N) is 4. The molecule has 2 aromatic rings. The van der Waals surface area contributed by atoms with E-state index in [2.05, 4.69) is 22.4 Å². The normalized spacial score (nSPS) is 17.4. The molecule has 0 bridgehead atoms. The first-order valence-electron chi connectivity index (χ1n) is 5.94. The molecule has 0 spiro atoms. The maximum atomic E-state index is 6.22. The quantitative estimate of drug-likeness (QED) is 0.845. The Hall–Kier alpha value is -1.62. The molecule has 1 aliphatic rings. The van der Waals surface area contributed by atoms with Gasteiger partial charge in [-0.15, -0.1) is 5.10 Å². The van der Waals surface area contributed by atoms with Crippen LogP contribution in [0.2, 0.25) is 5.02 Å². The molecule has 0 radical (unpaired) electrons. The van der Waals surface area contributed by atoms with E-state index >= 15 is 0 Å². The Kier molecular flexibility index (Phi) is 2.52. The number of halogens is 1. The summed E-state index contributed by atoms with van der Waals surface area (Å²) < 4.78 is 1.88. The third-order valence-corrected chi connectivity index (χ3v) is 3.96. The molecule has 1 aliphatic carbocycles. The van der Waals surface area contributed by atoms with Gasteiger partial charge in [-0.2, -0.15) is 0 Å². The van der Waals surface area contributed by atoms with Crippen molar-refractivity contribution in [2.75, 3.05) is 5.73 Å². The SMILES string of the molecule is CC1(n2nnnc2-c2ccc(N)cc2Cl)CCC1. The lowest BCUT2D eigenvalue weighted by Crippen LogP contribution is -2.38. The summed E-state index contributed by atoms with van der Waals surface area (Å²) in [5.41, 5.74) is 7.18. The molecule has 1 fully saturated rings. The highest BCUT2D eigenvalue weighted by Crippen LogP contribution is 2.40. The summed E-state index contributed by atoms with van der Waals surface area (Å²) in [7, 11) is 0. The molecule has 5 nitrogen and oxygen atoms in total. The second kappa shape index (κ2) is 3.95. The van der Waals surface area contributed by atoms with Crippen LogP contribution in [0.5, 0.6) is 0 Å². The van der Waals surface area contributed by atoms with Gasteiger partial charge in [0.05, 0.1) is 10.6 Å². The molecule has 6 heteroatoms. The molecular formula is C12H14ClN5. The zero-order valence-electron chi connectivity index (χ0n) is 10.1. The molecule has 0 unspecified atom stereocenters. The highest BCUT2D eigenvalue weighted by molar-refractivity contribution is 6.33. The van der Waals surface area contributed by atoms with Crippen molar-refractivity contribution in [2.45, 2.75) is 31.7 Å². The molecule has 0 atom stereocenters. The van der Waals surface area contributed by atoms with Gasteiger partial charge in [0, 0.05) is 11.3 Å². The van der Waals surface area contributed by atoms with Gasteiger partial charge in [0.2, 0.25) is 0 Å². The number of aromatic nitrogens is 4. The van der Waals surface area contributed by atoms with Gasteiger partial charge >= 0.3 is 0 Å². The number of anilines is 1. The summed E-state index contributed by atoms with van der Waals surface area (Å²) in [6.45, 7) is 2.17. The van der Waals surface area contributed by atoms with Gasteiger partial charge < -0.3 is 5.73 Å². The molecule has 0 saturated heterocycles. The zero-order chi connectivity index (χ0) is 12.8. The predicted molar refractivity (Wildman–Crippen MR) is 70.2 cm³/mol. The van der Waals surface area contributed by atoms with Crippen LogP contribution in [0.4, 0.5) is 5.69 Å². The minimum atomic E-state index is 0.0174. The first kappa shape index (κ1) is 11.5. The third kappa shape index (κ3) is 1.66. The summed E-state index contributed by atoms with van der Waals surface area (Å²) in [6.07, 6.45) is 3.40. The third-order valence-electron chi connectivity index (χ3n) is 3.65. The fourth-order valence-corrected chi connectivity index (χ4v) is 2.61. The smallest absolute Gasteiger partial charge is 0.184 e. The Morgan fingerprint density at radius 1 is 1.39 bits per heavy atom. The minimum absolute atomic E-state index is 0.0174. The van der Waals surface area contributed by atoms with Crippen molar-refractivity contribution in [1.82, 2.24) is 20.2 Å². The van der Waals surface area contributed by atoms with E-state index in [1.165, 1.54) is 6.42 Å². The number of benzene rings is 1. The first-order valence-corrected chi connectivity index (χ1v) is 6.32. The van der Waals surface area contributed by atoms with Crippen LogP contribution in [0.1, 0.15) is 26.2 Å². The Labute approximate surface area is 110 Å². The molecule has 94 valence electrons. The average Bonchev–Trinajstić information content (AvgIpc) is 2.75. The van der Waals surface area contributed by atoms with Crippen molar-refractivity contribution in [2.24, 2.45) is 0 Å². The summed E-state index contributed by atoms with van der Waals surface area (Å²) in [4.78, 5) is 0. The van der Waals surface area contributed by atoms with E-state index in [1.54, 1.807) is 6.07 Å². The summed E-state index contributed by atoms with van der Waals surface area (Å²) in [5.74, 6) is 0.710. The van der Waals surface area contributed by atoms with Crippen LogP contribution in [0, 0.1) is 0 Å². The van der Waals surface area contributed by atoms with E-state index < -0.39 is 0 Å². The lowest BCUT2D eigenvalue weighted by molar-refractivity contribution is 0.148. The van der Waals surface area contributed by atoms with E-state index in [9.17, 15) is 0 Å². The molecule has 2 N–H and O–H groups in total. The van der Waals surface area contributed by atoms with E-state index in [0.717, 1.165) is 18.4 Å². The van der Waals surface area contributed by atoms with Crippen molar-refractivity contribution >= 4 is 17.3 Å². The van der Waals surface area contributed by atoms with Gasteiger partial charge in [0.15, 0.2) is 5.82 Å². The Balaban J connectivity index is 2.10. The molecule has 0 amide bonds. The van der Waals surface area contributed by atoms with Crippen LogP contribution in [0.15, 0.2) is 18.2 Å². The van der Waals surface area contributed by atoms with Crippen LogP contribution in [0.25, 0.3) is 11.4 Å². The first-order chi connectivity index (χ1) is 8.60. The van der Waals surface area contributed by atoms with Crippen molar-refractivity contribution in [1.29, 1.82) is 0 Å².